The van der Waals surface area contributed by atoms with Gasteiger partial charge in [-0.25, -0.2) is 0 Å². The highest BCUT2D eigenvalue weighted by Gasteiger charge is 2.27. The predicted molar refractivity (Wildman–Crippen MR) is 46.4 cm³/mol. The lowest BCUT2D eigenvalue weighted by molar-refractivity contribution is -0.139. The van der Waals surface area contributed by atoms with E-state index in [1.54, 1.807) is 13.8 Å². The van der Waals surface area contributed by atoms with Gasteiger partial charge in [-0.05, 0) is 13.8 Å². The van der Waals surface area contributed by atoms with Gasteiger partial charge in [-0.15, -0.1) is 11.8 Å². The molecular formula is C7H12O4S. The van der Waals surface area contributed by atoms with Crippen LogP contribution in [0, 0.1) is 0 Å². The minimum Gasteiger partial charge on any atom is -0.481 e. The summed E-state index contributed by atoms with van der Waals surface area (Å²) >= 11 is 1.13. The Hall–Kier alpha value is -0.710. The molecule has 0 spiro atoms. The molecule has 0 radical (unpaired) electrons. The number of rotatable bonds is 5. The van der Waals surface area contributed by atoms with Crippen LogP contribution in [0.15, 0.2) is 0 Å². The van der Waals surface area contributed by atoms with E-state index < -0.39 is 16.7 Å². The summed E-state index contributed by atoms with van der Waals surface area (Å²) in [6.45, 7) is 3.11. The molecule has 5 heteroatoms. The number of carboxylic acid groups (broad SMARTS) is 2. The maximum absolute atomic E-state index is 10.5. The van der Waals surface area contributed by atoms with Crippen LogP contribution >= 0.6 is 11.8 Å². The molecule has 0 rings (SSSR count). The first-order chi connectivity index (χ1) is 5.36. The van der Waals surface area contributed by atoms with Crippen LogP contribution in [0.3, 0.4) is 0 Å². The van der Waals surface area contributed by atoms with Gasteiger partial charge in [0.15, 0.2) is 0 Å². The third-order valence-electron chi connectivity index (χ3n) is 1.29. The predicted octanol–water partition coefficient (Wildman–Crippen LogP) is 1.06. The quantitative estimate of drug-likeness (QED) is 0.681. The molecule has 0 aliphatic heterocycles. The van der Waals surface area contributed by atoms with Crippen molar-refractivity contribution in [2.45, 2.75) is 25.0 Å². The second kappa shape index (κ2) is 4.35. The maximum atomic E-state index is 10.5. The van der Waals surface area contributed by atoms with Gasteiger partial charge in [0, 0.05) is 5.75 Å². The van der Waals surface area contributed by atoms with Crippen LogP contribution in [0.5, 0.6) is 0 Å². The van der Waals surface area contributed by atoms with Crippen molar-refractivity contribution < 1.29 is 19.8 Å². The number of aliphatic carboxylic acids is 2. The summed E-state index contributed by atoms with van der Waals surface area (Å²) < 4.78 is -0.893. The fraction of sp³-hybridized carbons (Fsp3) is 0.714. The van der Waals surface area contributed by atoms with Crippen LogP contribution in [0.25, 0.3) is 0 Å². The summed E-state index contributed by atoms with van der Waals surface area (Å²) in [6, 6.07) is 0. The molecule has 2 N–H and O–H groups in total. The van der Waals surface area contributed by atoms with Crippen molar-refractivity contribution in [1.29, 1.82) is 0 Å². The summed E-state index contributed by atoms with van der Waals surface area (Å²) in [5, 5.41) is 16.9. The molecule has 0 saturated carbocycles. The molecule has 0 aliphatic carbocycles. The topological polar surface area (TPSA) is 74.6 Å². The fourth-order valence-corrected chi connectivity index (χ4v) is 1.37. The Kier molecular flexibility index (Phi) is 4.09. The first-order valence-corrected chi connectivity index (χ1v) is 4.44. The summed E-state index contributed by atoms with van der Waals surface area (Å²) in [7, 11) is 0. The summed E-state index contributed by atoms with van der Waals surface area (Å²) in [5.74, 6) is -1.49. The zero-order valence-electron chi connectivity index (χ0n) is 7.03. The van der Waals surface area contributed by atoms with Gasteiger partial charge in [-0.3, -0.25) is 9.59 Å². The van der Waals surface area contributed by atoms with Crippen LogP contribution < -0.4 is 0 Å². The number of thioether (sulfide) groups is 1. The Bertz CT molecular complexity index is 188. The average molecular weight is 192 g/mol. The van der Waals surface area contributed by atoms with Gasteiger partial charge in [-0.2, -0.15) is 0 Å². The van der Waals surface area contributed by atoms with Crippen LogP contribution in [0.2, 0.25) is 0 Å². The van der Waals surface area contributed by atoms with Crippen LogP contribution in [-0.4, -0.2) is 32.7 Å². The van der Waals surface area contributed by atoms with Crippen molar-refractivity contribution in [3.63, 3.8) is 0 Å². The van der Waals surface area contributed by atoms with E-state index in [4.69, 9.17) is 10.2 Å². The molecule has 0 heterocycles. The molecular weight excluding hydrogens is 180 g/mol. The monoisotopic (exact) mass is 192 g/mol. The molecule has 4 nitrogen and oxygen atoms in total. The highest BCUT2D eigenvalue weighted by Crippen LogP contribution is 2.24. The largest absolute Gasteiger partial charge is 0.481 e. The Morgan fingerprint density at radius 1 is 1.33 bits per heavy atom. The van der Waals surface area contributed by atoms with Crippen molar-refractivity contribution in [2.75, 3.05) is 5.75 Å². The molecule has 70 valence electrons. The van der Waals surface area contributed by atoms with E-state index in [1.807, 2.05) is 0 Å². The number of carbonyl (C=O) groups is 2. The van der Waals surface area contributed by atoms with Gasteiger partial charge < -0.3 is 10.2 Å². The number of hydrogen-bond acceptors (Lipinski definition) is 3. The Balaban J connectivity index is 3.76. The zero-order chi connectivity index (χ0) is 9.78. The lowest BCUT2D eigenvalue weighted by Crippen LogP contribution is -2.27. The van der Waals surface area contributed by atoms with Crippen LogP contribution in [0.1, 0.15) is 20.3 Å². The van der Waals surface area contributed by atoms with Crippen molar-refractivity contribution in [2.24, 2.45) is 0 Å². The van der Waals surface area contributed by atoms with Gasteiger partial charge >= 0.3 is 11.9 Å². The minimum absolute atomic E-state index is 0.00137. The minimum atomic E-state index is -0.919. The van der Waals surface area contributed by atoms with E-state index >= 15 is 0 Å². The molecule has 12 heavy (non-hydrogen) atoms. The van der Waals surface area contributed by atoms with Crippen LogP contribution in [-0.2, 0) is 9.59 Å². The molecule has 0 fully saturated rings. The number of carboxylic acids is 2. The van der Waals surface area contributed by atoms with Crippen molar-refractivity contribution >= 4 is 23.7 Å². The summed E-state index contributed by atoms with van der Waals surface area (Å²) in [6.07, 6.45) is 0.00137. The normalized spacial score (nSPS) is 11.2. The van der Waals surface area contributed by atoms with E-state index in [2.05, 4.69) is 0 Å². The molecule has 0 aromatic heterocycles. The molecule has 0 amide bonds. The molecule has 0 aliphatic rings. The van der Waals surface area contributed by atoms with Gasteiger partial charge in [0.1, 0.15) is 4.75 Å². The average Bonchev–Trinajstić information content (AvgIpc) is 1.85. The Morgan fingerprint density at radius 3 is 2.17 bits per heavy atom. The van der Waals surface area contributed by atoms with Gasteiger partial charge in [0.25, 0.3) is 0 Å². The Morgan fingerprint density at radius 2 is 1.83 bits per heavy atom. The highest BCUT2D eigenvalue weighted by atomic mass is 32.2. The standard InChI is InChI=1S/C7H12O4S/c1-7(2,6(10)11)12-4-3-5(8)9/h3-4H2,1-2H3,(H,8,9)(H,10,11). The number of hydrogen-bond donors (Lipinski definition) is 2. The molecule has 0 saturated heterocycles. The second-order valence-electron chi connectivity index (χ2n) is 2.81. The summed E-state index contributed by atoms with van der Waals surface area (Å²) in [4.78, 5) is 20.6. The molecule has 0 bridgehead atoms. The van der Waals surface area contributed by atoms with E-state index in [0.717, 1.165) is 11.8 Å². The van der Waals surface area contributed by atoms with Crippen molar-refractivity contribution in [3.8, 4) is 0 Å². The molecule has 0 aromatic rings. The van der Waals surface area contributed by atoms with E-state index in [9.17, 15) is 9.59 Å². The SMILES string of the molecule is CC(C)(SCCC(=O)O)C(=O)O. The maximum Gasteiger partial charge on any atom is 0.319 e. The third kappa shape index (κ3) is 4.23. The van der Waals surface area contributed by atoms with E-state index in [1.165, 1.54) is 0 Å². The van der Waals surface area contributed by atoms with Gasteiger partial charge in [0.05, 0.1) is 6.42 Å². The van der Waals surface area contributed by atoms with E-state index in [0.29, 0.717) is 5.75 Å². The third-order valence-corrected chi connectivity index (χ3v) is 2.60. The highest BCUT2D eigenvalue weighted by molar-refractivity contribution is 8.01. The van der Waals surface area contributed by atoms with Crippen LogP contribution in [0.4, 0.5) is 0 Å². The Labute approximate surface area is 75.0 Å². The molecule has 0 unspecified atom stereocenters. The first-order valence-electron chi connectivity index (χ1n) is 3.45. The fourth-order valence-electron chi connectivity index (χ4n) is 0.455. The first kappa shape index (κ1) is 11.3. The van der Waals surface area contributed by atoms with Crippen molar-refractivity contribution in [3.05, 3.63) is 0 Å². The van der Waals surface area contributed by atoms with E-state index in [-0.39, 0.29) is 6.42 Å². The smallest absolute Gasteiger partial charge is 0.319 e. The lowest BCUT2D eigenvalue weighted by atomic mass is 10.2. The zero-order valence-corrected chi connectivity index (χ0v) is 7.85. The van der Waals surface area contributed by atoms with Crippen molar-refractivity contribution in [1.82, 2.24) is 0 Å². The second-order valence-corrected chi connectivity index (χ2v) is 4.53. The molecule has 0 atom stereocenters. The summed E-state index contributed by atoms with van der Waals surface area (Å²) in [5.41, 5.74) is 0. The lowest BCUT2D eigenvalue weighted by Gasteiger charge is -2.17. The van der Waals surface area contributed by atoms with Gasteiger partial charge in [0.2, 0.25) is 0 Å². The molecule has 0 aromatic carbocycles. The van der Waals surface area contributed by atoms with Gasteiger partial charge in [-0.1, -0.05) is 0 Å².